The van der Waals surface area contributed by atoms with E-state index in [-0.39, 0.29) is 18.6 Å². The number of nitrogens with one attached hydrogen (secondary N) is 1. The topological polar surface area (TPSA) is 58.6 Å². The average Bonchev–Trinajstić information content (AvgIpc) is 2.71. The fraction of sp³-hybridized carbons (Fsp3) is 0.227. The minimum absolute atomic E-state index is 0.175. The number of aliphatic hydroxyl groups is 1. The van der Waals surface area contributed by atoms with Gasteiger partial charge in [-0.25, -0.2) is 0 Å². The van der Waals surface area contributed by atoms with E-state index in [1.54, 1.807) is 37.3 Å². The van der Waals surface area contributed by atoms with Crippen LogP contribution in [0.5, 0.6) is 5.75 Å². The third-order valence-electron chi connectivity index (χ3n) is 4.60. The van der Waals surface area contributed by atoms with Crippen molar-refractivity contribution in [3.05, 3.63) is 65.7 Å². The molecule has 29 heavy (non-hydrogen) atoms. The van der Waals surface area contributed by atoms with Gasteiger partial charge in [0.25, 0.3) is 5.91 Å². The van der Waals surface area contributed by atoms with Crippen LogP contribution in [0.25, 0.3) is 21.9 Å². The molecule has 7 heteroatoms. The summed E-state index contributed by atoms with van der Waals surface area (Å²) in [7, 11) is 1.50. The molecule has 0 aromatic heterocycles. The number of rotatable bonds is 5. The highest BCUT2D eigenvalue weighted by Gasteiger charge is 2.30. The number of ether oxygens (including phenoxy) is 1. The molecule has 0 unspecified atom stereocenters. The average molecular weight is 403 g/mol. The number of hydrogen-bond donors (Lipinski definition) is 2. The maximum absolute atomic E-state index is 12.9. The summed E-state index contributed by atoms with van der Waals surface area (Å²) in [6.07, 6.45) is -4.40. The van der Waals surface area contributed by atoms with Crippen molar-refractivity contribution in [2.24, 2.45) is 0 Å². The highest BCUT2D eigenvalue weighted by molar-refractivity contribution is 6.03. The Morgan fingerprint density at radius 1 is 1.10 bits per heavy atom. The van der Waals surface area contributed by atoms with Crippen molar-refractivity contribution in [3.8, 4) is 16.9 Å². The third-order valence-corrected chi connectivity index (χ3v) is 4.60. The van der Waals surface area contributed by atoms with E-state index in [1.165, 1.54) is 19.2 Å². The van der Waals surface area contributed by atoms with E-state index in [0.29, 0.717) is 27.8 Å². The molecule has 0 radical (unpaired) electrons. The minimum Gasteiger partial charge on any atom is -0.497 e. The van der Waals surface area contributed by atoms with Gasteiger partial charge in [0.05, 0.1) is 19.3 Å². The number of benzene rings is 3. The SMILES string of the molecule is COc1cc(-c2ccc(C(F)(F)F)cc2)c2ccc(C(=O)N[C@@H](C)CO)cc2c1. The van der Waals surface area contributed by atoms with Crippen LogP contribution in [0.2, 0.25) is 0 Å². The second-order valence-electron chi connectivity index (χ2n) is 6.74. The highest BCUT2D eigenvalue weighted by Crippen LogP contribution is 2.36. The smallest absolute Gasteiger partial charge is 0.416 e. The fourth-order valence-corrected chi connectivity index (χ4v) is 3.03. The van der Waals surface area contributed by atoms with Crippen molar-refractivity contribution in [3.63, 3.8) is 0 Å². The minimum atomic E-state index is -4.40. The number of carbonyl (C=O) groups is 1. The van der Waals surface area contributed by atoms with Crippen LogP contribution < -0.4 is 10.1 Å². The maximum Gasteiger partial charge on any atom is 0.416 e. The molecule has 1 atom stereocenters. The van der Waals surface area contributed by atoms with Crippen molar-refractivity contribution in [1.82, 2.24) is 5.32 Å². The van der Waals surface area contributed by atoms with Crippen LogP contribution in [0.4, 0.5) is 13.2 Å². The molecule has 3 rings (SSSR count). The van der Waals surface area contributed by atoms with Crippen molar-refractivity contribution < 1.29 is 27.8 Å². The Morgan fingerprint density at radius 3 is 2.38 bits per heavy atom. The molecule has 0 saturated heterocycles. The molecule has 2 N–H and O–H groups in total. The maximum atomic E-state index is 12.9. The summed E-state index contributed by atoms with van der Waals surface area (Å²) in [5.74, 6) is 0.195. The van der Waals surface area contributed by atoms with Gasteiger partial charge in [-0.1, -0.05) is 18.2 Å². The van der Waals surface area contributed by atoms with Gasteiger partial charge in [0.15, 0.2) is 0 Å². The zero-order chi connectivity index (χ0) is 21.2. The standard InChI is InChI=1S/C22H20F3NO3/c1-13(12-27)26-21(28)15-5-8-19-16(9-15)10-18(29-2)11-20(19)14-3-6-17(7-4-14)22(23,24)25/h3-11,13,27H,12H2,1-2H3,(H,26,28)/t13-/m0/s1. The third kappa shape index (κ3) is 4.51. The van der Waals surface area contributed by atoms with E-state index in [0.717, 1.165) is 17.5 Å². The Balaban J connectivity index is 2.07. The van der Waals surface area contributed by atoms with E-state index in [9.17, 15) is 18.0 Å². The first-order valence-corrected chi connectivity index (χ1v) is 8.94. The summed E-state index contributed by atoms with van der Waals surface area (Å²) in [4.78, 5) is 12.3. The number of aliphatic hydroxyl groups excluding tert-OH is 1. The Kier molecular flexibility index (Phi) is 5.79. The van der Waals surface area contributed by atoms with Gasteiger partial charge >= 0.3 is 6.18 Å². The molecule has 152 valence electrons. The molecule has 0 bridgehead atoms. The summed E-state index contributed by atoms with van der Waals surface area (Å²) in [6.45, 7) is 1.51. The van der Waals surface area contributed by atoms with Gasteiger partial charge in [0.1, 0.15) is 5.75 Å². The summed E-state index contributed by atoms with van der Waals surface area (Å²) < 4.78 is 43.9. The Bertz CT molecular complexity index is 1030. The van der Waals surface area contributed by atoms with Gasteiger partial charge in [-0.05, 0) is 65.2 Å². The van der Waals surface area contributed by atoms with Crippen molar-refractivity contribution in [2.45, 2.75) is 19.1 Å². The largest absolute Gasteiger partial charge is 0.497 e. The highest BCUT2D eigenvalue weighted by atomic mass is 19.4. The van der Waals surface area contributed by atoms with Crippen LogP contribution in [0.3, 0.4) is 0 Å². The number of amides is 1. The summed E-state index contributed by atoms with van der Waals surface area (Å²) in [5, 5.41) is 13.3. The lowest BCUT2D eigenvalue weighted by Crippen LogP contribution is -2.34. The van der Waals surface area contributed by atoms with Gasteiger partial charge < -0.3 is 15.2 Å². The van der Waals surface area contributed by atoms with Crippen LogP contribution in [0, 0.1) is 0 Å². The molecule has 0 aliphatic rings. The summed E-state index contributed by atoms with van der Waals surface area (Å²) in [6, 6.07) is 13.1. The molecule has 0 fully saturated rings. The van der Waals surface area contributed by atoms with E-state index in [2.05, 4.69) is 5.32 Å². The lowest BCUT2D eigenvalue weighted by molar-refractivity contribution is -0.137. The fourth-order valence-electron chi connectivity index (χ4n) is 3.03. The van der Waals surface area contributed by atoms with Gasteiger partial charge in [0.2, 0.25) is 0 Å². The molecule has 1 amide bonds. The molecule has 0 heterocycles. The normalized spacial score (nSPS) is 12.6. The Labute approximate surface area is 165 Å². The Morgan fingerprint density at radius 2 is 1.79 bits per heavy atom. The number of hydrogen-bond acceptors (Lipinski definition) is 3. The van der Waals surface area contributed by atoms with Gasteiger partial charge in [-0.2, -0.15) is 13.2 Å². The number of halogens is 3. The number of alkyl halides is 3. The molecular weight excluding hydrogens is 383 g/mol. The quantitative estimate of drug-likeness (QED) is 0.652. The zero-order valence-corrected chi connectivity index (χ0v) is 15.9. The molecule has 0 aliphatic carbocycles. The number of methoxy groups -OCH3 is 1. The van der Waals surface area contributed by atoms with Crippen molar-refractivity contribution in [2.75, 3.05) is 13.7 Å². The predicted octanol–water partition coefficient (Wildman–Crippen LogP) is 4.64. The van der Waals surface area contributed by atoms with E-state index in [1.807, 2.05) is 0 Å². The van der Waals surface area contributed by atoms with E-state index in [4.69, 9.17) is 9.84 Å². The lowest BCUT2D eigenvalue weighted by atomic mass is 9.95. The zero-order valence-electron chi connectivity index (χ0n) is 15.9. The van der Waals surface area contributed by atoms with E-state index < -0.39 is 11.7 Å². The monoisotopic (exact) mass is 403 g/mol. The number of fused-ring (bicyclic) bond motifs is 1. The van der Waals surface area contributed by atoms with E-state index >= 15 is 0 Å². The van der Waals surface area contributed by atoms with Crippen LogP contribution in [-0.2, 0) is 6.18 Å². The second kappa shape index (κ2) is 8.13. The summed E-state index contributed by atoms with van der Waals surface area (Å²) >= 11 is 0. The van der Waals surface area contributed by atoms with Gasteiger partial charge in [-0.15, -0.1) is 0 Å². The first-order valence-electron chi connectivity index (χ1n) is 8.94. The molecule has 3 aromatic rings. The molecule has 4 nitrogen and oxygen atoms in total. The van der Waals surface area contributed by atoms with Gasteiger partial charge in [-0.3, -0.25) is 4.79 Å². The Hall–Kier alpha value is -3.06. The summed E-state index contributed by atoms with van der Waals surface area (Å²) in [5.41, 5.74) is 0.992. The van der Waals surface area contributed by atoms with Crippen LogP contribution in [0.15, 0.2) is 54.6 Å². The lowest BCUT2D eigenvalue weighted by Gasteiger charge is -2.14. The van der Waals surface area contributed by atoms with Crippen molar-refractivity contribution >= 4 is 16.7 Å². The van der Waals surface area contributed by atoms with Crippen LogP contribution in [-0.4, -0.2) is 30.8 Å². The predicted molar refractivity (Wildman–Crippen MR) is 105 cm³/mol. The first kappa shape index (κ1) is 20.7. The molecule has 0 aliphatic heterocycles. The molecule has 0 saturated carbocycles. The van der Waals surface area contributed by atoms with Crippen LogP contribution >= 0.6 is 0 Å². The van der Waals surface area contributed by atoms with Crippen LogP contribution in [0.1, 0.15) is 22.8 Å². The van der Waals surface area contributed by atoms with Gasteiger partial charge in [0, 0.05) is 11.6 Å². The molecule has 3 aromatic carbocycles. The second-order valence-corrected chi connectivity index (χ2v) is 6.74. The first-order chi connectivity index (χ1) is 13.7. The number of carbonyl (C=O) groups excluding carboxylic acids is 1. The molecular formula is C22H20F3NO3. The van der Waals surface area contributed by atoms with Crippen molar-refractivity contribution in [1.29, 1.82) is 0 Å². The molecule has 0 spiro atoms.